The Morgan fingerprint density at radius 2 is 1.79 bits per heavy atom. The summed E-state index contributed by atoms with van der Waals surface area (Å²) in [6, 6.07) is 11.3. The van der Waals surface area contributed by atoms with Crippen LogP contribution >= 0.6 is 0 Å². The highest BCUT2D eigenvalue weighted by molar-refractivity contribution is 6.17. The quantitative estimate of drug-likeness (QED) is 0.594. The topological polar surface area (TPSA) is 99.8 Å². The number of aromatic nitrogens is 2. The van der Waals surface area contributed by atoms with Crippen LogP contribution in [-0.2, 0) is 4.79 Å². The number of allylic oxidation sites excluding steroid dienone is 2. The fourth-order valence-corrected chi connectivity index (χ4v) is 3.17. The minimum atomic E-state index is -0.259. The number of guanidine groups is 1. The van der Waals surface area contributed by atoms with Gasteiger partial charge in [0.05, 0.1) is 5.57 Å². The van der Waals surface area contributed by atoms with E-state index < -0.39 is 0 Å². The number of hydrogen-bond donors (Lipinski definition) is 2. The molecule has 0 spiro atoms. The van der Waals surface area contributed by atoms with E-state index in [-0.39, 0.29) is 34.4 Å². The lowest BCUT2D eigenvalue weighted by Crippen LogP contribution is -2.26. The van der Waals surface area contributed by atoms with Crippen LogP contribution in [0, 0.1) is 19.3 Å². The monoisotopic (exact) mass is 391 g/mol. The molecule has 0 amide bonds. The molecule has 1 aliphatic rings. The first-order chi connectivity index (χ1) is 13.7. The number of benzene rings is 1. The first-order valence-electron chi connectivity index (χ1n) is 9.44. The molecule has 7 nitrogen and oxygen atoms in total. The number of hydrogen-bond acceptors (Lipinski definition) is 5. The van der Waals surface area contributed by atoms with Gasteiger partial charge in [0.25, 0.3) is 5.95 Å². The standard InChI is InChI=1S/C22H25N5O2/c1-14-10-15(2)25-21(24-14)27-20(26-16-8-6-5-7-9-16)23-13-17-18(28)11-22(3,4)12-19(17)29/h5-10,13,28H,11-12H2,1-4H3,(H,24,25,26,27). The summed E-state index contributed by atoms with van der Waals surface area (Å²) >= 11 is 0. The van der Waals surface area contributed by atoms with Gasteiger partial charge >= 0.3 is 0 Å². The molecular formula is C22H25N5O2. The van der Waals surface area contributed by atoms with Gasteiger partial charge in [0.2, 0.25) is 5.96 Å². The van der Waals surface area contributed by atoms with Crippen LogP contribution < -0.4 is 5.32 Å². The lowest BCUT2D eigenvalue weighted by Gasteiger charge is -2.28. The number of ketones is 1. The van der Waals surface area contributed by atoms with Gasteiger partial charge in [-0.15, -0.1) is 0 Å². The van der Waals surface area contributed by atoms with Crippen molar-refractivity contribution in [3.8, 4) is 0 Å². The van der Waals surface area contributed by atoms with Crippen LogP contribution in [0.4, 0.5) is 11.6 Å². The van der Waals surface area contributed by atoms with Crippen molar-refractivity contribution in [2.24, 2.45) is 15.4 Å². The average molecular weight is 391 g/mol. The zero-order chi connectivity index (χ0) is 21.0. The van der Waals surface area contributed by atoms with Crippen molar-refractivity contribution >= 4 is 29.6 Å². The Bertz CT molecular complexity index is 987. The number of para-hydroxylation sites is 1. The summed E-state index contributed by atoms with van der Waals surface area (Å²) in [5.74, 6) is 0.410. The van der Waals surface area contributed by atoms with E-state index in [1.54, 1.807) is 0 Å². The molecule has 2 aromatic rings. The van der Waals surface area contributed by atoms with E-state index in [1.807, 2.05) is 64.1 Å². The van der Waals surface area contributed by atoms with Crippen LogP contribution in [-0.4, -0.2) is 33.0 Å². The molecule has 1 aliphatic carbocycles. The molecule has 3 rings (SSSR count). The molecule has 0 saturated heterocycles. The summed E-state index contributed by atoms with van der Waals surface area (Å²) in [6.07, 6.45) is 2.15. The Labute approximate surface area is 170 Å². The van der Waals surface area contributed by atoms with E-state index in [0.29, 0.717) is 12.8 Å². The summed E-state index contributed by atoms with van der Waals surface area (Å²) in [7, 11) is 0. The number of aliphatic hydroxyl groups excluding tert-OH is 1. The van der Waals surface area contributed by atoms with E-state index in [1.165, 1.54) is 6.21 Å². The number of carbonyl (C=O) groups excluding carboxylic acids is 1. The van der Waals surface area contributed by atoms with Crippen molar-refractivity contribution in [3.63, 3.8) is 0 Å². The molecule has 1 aromatic carbocycles. The van der Waals surface area contributed by atoms with Gasteiger partial charge in [0, 0.05) is 36.1 Å². The Kier molecular flexibility index (Phi) is 5.87. The normalized spacial score (nSPS) is 17.1. The van der Waals surface area contributed by atoms with Gasteiger partial charge in [-0.25, -0.2) is 15.0 Å². The van der Waals surface area contributed by atoms with Crippen molar-refractivity contribution in [1.82, 2.24) is 9.97 Å². The average Bonchev–Trinajstić information content (AvgIpc) is 2.59. The maximum Gasteiger partial charge on any atom is 0.253 e. The predicted octanol–water partition coefficient (Wildman–Crippen LogP) is 4.47. The van der Waals surface area contributed by atoms with Gasteiger partial charge in [-0.3, -0.25) is 4.79 Å². The second-order valence-corrected chi connectivity index (χ2v) is 7.94. The van der Waals surface area contributed by atoms with E-state index >= 15 is 0 Å². The third kappa shape index (κ3) is 5.57. The van der Waals surface area contributed by atoms with Gasteiger partial charge < -0.3 is 10.4 Å². The fraction of sp³-hybridized carbons (Fsp3) is 0.318. The first kappa shape index (κ1) is 20.4. The lowest BCUT2D eigenvalue weighted by molar-refractivity contribution is -0.117. The number of aliphatic imine (C=N–C) groups is 2. The summed E-state index contributed by atoms with van der Waals surface area (Å²) < 4.78 is 0. The van der Waals surface area contributed by atoms with Crippen molar-refractivity contribution in [3.05, 3.63) is 59.1 Å². The predicted molar refractivity (Wildman–Crippen MR) is 115 cm³/mol. The SMILES string of the molecule is Cc1cc(C)nc(N=C(N=CC2=C(O)CC(C)(C)CC2=O)Nc2ccccc2)n1. The summed E-state index contributed by atoms with van der Waals surface area (Å²) in [5.41, 5.74) is 2.33. The largest absolute Gasteiger partial charge is 0.511 e. The highest BCUT2D eigenvalue weighted by atomic mass is 16.3. The maximum absolute atomic E-state index is 12.4. The third-order valence-corrected chi connectivity index (χ3v) is 4.42. The molecule has 0 aliphatic heterocycles. The summed E-state index contributed by atoms with van der Waals surface area (Å²) in [6.45, 7) is 7.64. The molecule has 0 fully saturated rings. The Hall–Kier alpha value is -3.35. The minimum absolute atomic E-state index is 0.0525. The van der Waals surface area contributed by atoms with Crippen LogP contribution in [0.1, 0.15) is 38.1 Å². The molecule has 0 bridgehead atoms. The van der Waals surface area contributed by atoms with Crippen LogP contribution in [0.5, 0.6) is 0 Å². The number of aryl methyl sites for hydroxylation is 2. The van der Waals surface area contributed by atoms with Gasteiger partial charge in [-0.1, -0.05) is 32.0 Å². The third-order valence-electron chi connectivity index (χ3n) is 4.42. The zero-order valence-electron chi connectivity index (χ0n) is 17.1. The van der Waals surface area contributed by atoms with Crippen LogP contribution in [0.3, 0.4) is 0 Å². The van der Waals surface area contributed by atoms with E-state index in [4.69, 9.17) is 0 Å². The first-order valence-corrected chi connectivity index (χ1v) is 9.44. The molecule has 0 radical (unpaired) electrons. The number of rotatable bonds is 3. The number of aliphatic hydroxyl groups is 1. The molecule has 2 N–H and O–H groups in total. The summed E-state index contributed by atoms with van der Waals surface area (Å²) in [5, 5.41) is 13.4. The van der Waals surface area contributed by atoms with Gasteiger partial charge in [-0.2, -0.15) is 4.99 Å². The van der Waals surface area contributed by atoms with Gasteiger partial charge in [-0.05, 0) is 37.5 Å². The van der Waals surface area contributed by atoms with Crippen molar-refractivity contribution in [2.45, 2.75) is 40.5 Å². The van der Waals surface area contributed by atoms with Gasteiger partial charge in [0.15, 0.2) is 5.78 Å². The maximum atomic E-state index is 12.4. The molecule has 0 saturated carbocycles. The van der Waals surface area contributed by atoms with Gasteiger partial charge in [0.1, 0.15) is 5.76 Å². The number of carbonyl (C=O) groups is 1. The summed E-state index contributed by atoms with van der Waals surface area (Å²) in [4.78, 5) is 29.8. The number of anilines is 1. The number of Topliss-reactive ketones (excluding diaryl/α,β-unsaturated/α-hetero) is 1. The Morgan fingerprint density at radius 3 is 2.41 bits per heavy atom. The minimum Gasteiger partial charge on any atom is -0.511 e. The van der Waals surface area contributed by atoms with Crippen LogP contribution in [0.25, 0.3) is 0 Å². The van der Waals surface area contributed by atoms with E-state index in [2.05, 4.69) is 25.3 Å². The van der Waals surface area contributed by atoms with Crippen LogP contribution in [0.15, 0.2) is 57.7 Å². The highest BCUT2D eigenvalue weighted by Gasteiger charge is 2.32. The number of nitrogens with zero attached hydrogens (tertiary/aromatic N) is 4. The molecule has 0 unspecified atom stereocenters. The highest BCUT2D eigenvalue weighted by Crippen LogP contribution is 2.35. The molecule has 29 heavy (non-hydrogen) atoms. The zero-order valence-corrected chi connectivity index (χ0v) is 17.1. The molecule has 0 atom stereocenters. The van der Waals surface area contributed by atoms with Crippen LogP contribution in [0.2, 0.25) is 0 Å². The second kappa shape index (κ2) is 8.34. The smallest absolute Gasteiger partial charge is 0.253 e. The molecule has 150 valence electrons. The van der Waals surface area contributed by atoms with Crippen molar-refractivity contribution in [2.75, 3.05) is 5.32 Å². The molecule has 7 heteroatoms. The van der Waals surface area contributed by atoms with Crippen molar-refractivity contribution < 1.29 is 9.90 Å². The fourth-order valence-electron chi connectivity index (χ4n) is 3.17. The second-order valence-electron chi connectivity index (χ2n) is 7.94. The lowest BCUT2D eigenvalue weighted by atomic mass is 9.77. The Balaban J connectivity index is 1.96. The molecular weight excluding hydrogens is 366 g/mol. The number of nitrogens with one attached hydrogen (secondary N) is 1. The van der Waals surface area contributed by atoms with E-state index in [9.17, 15) is 9.90 Å². The Morgan fingerprint density at radius 1 is 1.14 bits per heavy atom. The molecule has 1 heterocycles. The van der Waals surface area contributed by atoms with Crippen molar-refractivity contribution in [1.29, 1.82) is 0 Å². The molecule has 1 aromatic heterocycles. The van der Waals surface area contributed by atoms with E-state index in [0.717, 1.165) is 17.1 Å².